The second-order valence-electron chi connectivity index (χ2n) is 5.28. The van der Waals surface area contributed by atoms with Crippen molar-refractivity contribution in [2.24, 2.45) is 0 Å². The predicted octanol–water partition coefficient (Wildman–Crippen LogP) is 3.66. The molecule has 4 nitrogen and oxygen atoms in total. The number of ether oxygens (including phenoxy) is 2. The van der Waals surface area contributed by atoms with Crippen LogP contribution in [0.15, 0.2) is 42.5 Å². The number of rotatable bonds is 3. The maximum absolute atomic E-state index is 12.5. The van der Waals surface area contributed by atoms with Crippen LogP contribution in [0.4, 0.5) is 18.9 Å². The van der Waals surface area contributed by atoms with Crippen LogP contribution in [0.25, 0.3) is 0 Å². The maximum atomic E-state index is 12.5. The van der Waals surface area contributed by atoms with Crippen molar-refractivity contribution < 1.29 is 27.4 Å². The Labute approximate surface area is 136 Å². The van der Waals surface area contributed by atoms with Gasteiger partial charge in [0.1, 0.15) is 13.2 Å². The van der Waals surface area contributed by atoms with Gasteiger partial charge in [0, 0.05) is 5.69 Å². The van der Waals surface area contributed by atoms with E-state index in [1.165, 1.54) is 12.1 Å². The first-order valence-corrected chi connectivity index (χ1v) is 7.27. The van der Waals surface area contributed by atoms with Gasteiger partial charge in [-0.15, -0.1) is 0 Å². The molecule has 2 aromatic rings. The van der Waals surface area contributed by atoms with Crippen LogP contribution >= 0.6 is 0 Å². The number of amides is 1. The molecule has 1 heterocycles. The summed E-state index contributed by atoms with van der Waals surface area (Å²) in [6.45, 7) is 0.939. The molecule has 0 saturated carbocycles. The van der Waals surface area contributed by atoms with Gasteiger partial charge in [0.25, 0.3) is 0 Å². The largest absolute Gasteiger partial charge is 0.486 e. The summed E-state index contributed by atoms with van der Waals surface area (Å²) in [5.74, 6) is 0.890. The highest BCUT2D eigenvalue weighted by atomic mass is 19.4. The van der Waals surface area contributed by atoms with Gasteiger partial charge in [-0.2, -0.15) is 13.2 Å². The summed E-state index contributed by atoms with van der Waals surface area (Å²) in [6.07, 6.45) is -4.31. The topological polar surface area (TPSA) is 47.6 Å². The molecule has 1 aliphatic heterocycles. The zero-order valence-corrected chi connectivity index (χ0v) is 12.5. The van der Waals surface area contributed by atoms with E-state index in [4.69, 9.17) is 9.47 Å². The van der Waals surface area contributed by atoms with Gasteiger partial charge in [-0.25, -0.2) is 0 Å². The second-order valence-corrected chi connectivity index (χ2v) is 5.28. The fourth-order valence-corrected chi connectivity index (χ4v) is 2.33. The summed E-state index contributed by atoms with van der Waals surface area (Å²) < 4.78 is 48.3. The van der Waals surface area contributed by atoms with Gasteiger partial charge >= 0.3 is 6.18 Å². The van der Waals surface area contributed by atoms with Gasteiger partial charge in [0.05, 0.1) is 12.0 Å². The molecular weight excluding hydrogens is 323 g/mol. The molecule has 0 bridgehead atoms. The van der Waals surface area contributed by atoms with E-state index in [1.807, 2.05) is 0 Å². The van der Waals surface area contributed by atoms with Crippen LogP contribution in [0.2, 0.25) is 0 Å². The first kappa shape index (κ1) is 16.2. The molecule has 126 valence electrons. The third kappa shape index (κ3) is 3.79. The minimum Gasteiger partial charge on any atom is -0.486 e. The molecule has 0 radical (unpaired) electrons. The van der Waals surface area contributed by atoms with Gasteiger partial charge in [0.2, 0.25) is 5.91 Å². The highest BCUT2D eigenvalue weighted by Gasteiger charge is 2.30. The molecular formula is C17H14F3NO3. The van der Waals surface area contributed by atoms with E-state index in [9.17, 15) is 18.0 Å². The normalized spacial score (nSPS) is 13.5. The Morgan fingerprint density at radius 2 is 1.67 bits per heavy atom. The van der Waals surface area contributed by atoms with Crippen LogP contribution in [0.1, 0.15) is 11.1 Å². The number of halogens is 3. The summed E-state index contributed by atoms with van der Waals surface area (Å²) in [5, 5.41) is 2.57. The smallest absolute Gasteiger partial charge is 0.416 e. The molecule has 1 amide bonds. The fraction of sp³-hybridized carbons (Fsp3) is 0.235. The van der Waals surface area contributed by atoms with Crippen LogP contribution in [0.5, 0.6) is 11.5 Å². The Balaban J connectivity index is 1.63. The molecule has 1 aliphatic rings. The van der Waals surface area contributed by atoms with Crippen LogP contribution in [0, 0.1) is 0 Å². The first-order chi connectivity index (χ1) is 11.4. The zero-order valence-electron chi connectivity index (χ0n) is 12.5. The van der Waals surface area contributed by atoms with E-state index in [2.05, 4.69) is 5.32 Å². The van der Waals surface area contributed by atoms with E-state index in [0.717, 1.165) is 17.7 Å². The minimum atomic E-state index is -4.40. The quantitative estimate of drug-likeness (QED) is 0.930. The number of carbonyl (C=O) groups excluding carboxylic acids is 1. The summed E-state index contributed by atoms with van der Waals surface area (Å²) in [7, 11) is 0. The van der Waals surface area contributed by atoms with Gasteiger partial charge in [-0.1, -0.05) is 6.07 Å². The van der Waals surface area contributed by atoms with E-state index in [0.29, 0.717) is 30.4 Å². The molecule has 0 saturated heterocycles. The van der Waals surface area contributed by atoms with Crippen molar-refractivity contribution in [3.8, 4) is 11.5 Å². The molecule has 24 heavy (non-hydrogen) atoms. The lowest BCUT2D eigenvalue weighted by Crippen LogP contribution is -2.17. The lowest BCUT2D eigenvalue weighted by Gasteiger charge is -2.18. The number of alkyl halides is 3. The summed E-state index contributed by atoms with van der Waals surface area (Å²) in [4.78, 5) is 12.0. The number of fused-ring (bicyclic) bond motifs is 1. The predicted molar refractivity (Wildman–Crippen MR) is 81.2 cm³/mol. The average Bonchev–Trinajstić information content (AvgIpc) is 2.54. The number of hydrogen-bond donors (Lipinski definition) is 1. The number of carbonyl (C=O) groups is 1. The van der Waals surface area contributed by atoms with Gasteiger partial charge < -0.3 is 14.8 Å². The monoisotopic (exact) mass is 337 g/mol. The molecule has 0 unspecified atom stereocenters. The molecule has 7 heteroatoms. The highest BCUT2D eigenvalue weighted by Crippen LogP contribution is 2.31. The lowest BCUT2D eigenvalue weighted by molar-refractivity contribution is -0.137. The van der Waals surface area contributed by atoms with E-state index in [-0.39, 0.29) is 12.3 Å². The maximum Gasteiger partial charge on any atom is 0.416 e. The Morgan fingerprint density at radius 3 is 2.33 bits per heavy atom. The zero-order chi connectivity index (χ0) is 17.2. The van der Waals surface area contributed by atoms with E-state index in [1.54, 1.807) is 18.2 Å². The van der Waals surface area contributed by atoms with Gasteiger partial charge in [-0.3, -0.25) is 4.79 Å². The Kier molecular flexibility index (Phi) is 4.33. The molecule has 2 aromatic carbocycles. The van der Waals surface area contributed by atoms with Gasteiger partial charge in [0.15, 0.2) is 11.5 Å². The van der Waals surface area contributed by atoms with E-state index < -0.39 is 11.7 Å². The van der Waals surface area contributed by atoms with Crippen molar-refractivity contribution in [2.45, 2.75) is 12.6 Å². The second kappa shape index (κ2) is 6.43. The summed E-state index contributed by atoms with van der Waals surface area (Å²) in [5.41, 5.74) is 0.279. The van der Waals surface area contributed by atoms with Crippen molar-refractivity contribution in [1.29, 1.82) is 0 Å². The number of nitrogens with one attached hydrogen (secondary N) is 1. The summed E-state index contributed by atoms with van der Waals surface area (Å²) in [6, 6.07) is 9.52. The molecule has 1 N–H and O–H groups in total. The average molecular weight is 337 g/mol. The standard InChI is InChI=1S/C17H14F3NO3/c18-17(19,20)12-2-4-13(5-3-12)21-16(22)10-11-1-6-14-15(9-11)24-8-7-23-14/h1-6,9H,7-8,10H2,(H,21,22). The Hall–Kier alpha value is -2.70. The minimum absolute atomic E-state index is 0.0810. The Bertz CT molecular complexity index is 742. The number of benzene rings is 2. The third-order valence-electron chi connectivity index (χ3n) is 3.47. The van der Waals surface area contributed by atoms with Crippen LogP contribution < -0.4 is 14.8 Å². The van der Waals surface area contributed by atoms with E-state index >= 15 is 0 Å². The molecule has 0 aliphatic carbocycles. The van der Waals surface area contributed by atoms with Gasteiger partial charge in [-0.05, 0) is 42.0 Å². The number of anilines is 1. The van der Waals surface area contributed by atoms with Crippen molar-refractivity contribution in [1.82, 2.24) is 0 Å². The van der Waals surface area contributed by atoms with Crippen LogP contribution in [-0.2, 0) is 17.4 Å². The number of hydrogen-bond acceptors (Lipinski definition) is 3. The lowest BCUT2D eigenvalue weighted by atomic mass is 10.1. The van der Waals surface area contributed by atoms with Crippen molar-refractivity contribution in [3.05, 3.63) is 53.6 Å². The molecule has 3 rings (SSSR count). The Morgan fingerprint density at radius 1 is 1.00 bits per heavy atom. The first-order valence-electron chi connectivity index (χ1n) is 7.27. The van der Waals surface area contributed by atoms with Crippen LogP contribution in [-0.4, -0.2) is 19.1 Å². The SMILES string of the molecule is O=C(Cc1ccc2c(c1)OCCO2)Nc1ccc(C(F)(F)F)cc1. The van der Waals surface area contributed by atoms with Crippen molar-refractivity contribution in [2.75, 3.05) is 18.5 Å². The highest BCUT2D eigenvalue weighted by molar-refractivity contribution is 5.92. The molecule has 0 atom stereocenters. The van der Waals surface area contributed by atoms with Crippen molar-refractivity contribution >= 4 is 11.6 Å². The summed E-state index contributed by atoms with van der Waals surface area (Å²) >= 11 is 0. The molecule has 0 spiro atoms. The van der Waals surface area contributed by atoms with Crippen LogP contribution in [0.3, 0.4) is 0 Å². The molecule has 0 fully saturated rings. The van der Waals surface area contributed by atoms with Crippen molar-refractivity contribution in [3.63, 3.8) is 0 Å². The fourth-order valence-electron chi connectivity index (χ4n) is 2.33. The molecule has 0 aromatic heterocycles. The third-order valence-corrected chi connectivity index (χ3v) is 3.47.